The van der Waals surface area contributed by atoms with Gasteiger partial charge in [-0.1, -0.05) is 0 Å². The molecular formula is C17H37IN2O7. The van der Waals surface area contributed by atoms with E-state index >= 15 is 0 Å². The second kappa shape index (κ2) is 20.5. The summed E-state index contributed by atoms with van der Waals surface area (Å²) in [5.74, 6) is 0. The summed E-state index contributed by atoms with van der Waals surface area (Å²) in [6.07, 6.45) is -0.415. The van der Waals surface area contributed by atoms with Gasteiger partial charge in [-0.2, -0.15) is 0 Å². The van der Waals surface area contributed by atoms with Gasteiger partial charge in [-0.15, -0.1) is 0 Å². The third-order valence-electron chi connectivity index (χ3n) is 3.06. The Kier molecular flexibility index (Phi) is 22.0. The molecule has 0 radical (unpaired) electrons. The molecule has 0 aliphatic carbocycles. The molecule has 0 unspecified atom stereocenters. The summed E-state index contributed by atoms with van der Waals surface area (Å²) < 4.78 is 31.9. The summed E-state index contributed by atoms with van der Waals surface area (Å²) in [6, 6.07) is 0. The van der Waals surface area contributed by atoms with Crippen molar-refractivity contribution in [3.63, 3.8) is 0 Å². The Morgan fingerprint density at radius 3 is 1.56 bits per heavy atom. The molecule has 0 aromatic heterocycles. The number of carbonyl (C=O) groups excluding carboxylic acids is 1. The summed E-state index contributed by atoms with van der Waals surface area (Å²) in [7, 11) is 7.83. The molecule has 0 fully saturated rings. The van der Waals surface area contributed by atoms with Gasteiger partial charge in [0.05, 0.1) is 93.7 Å². The summed E-state index contributed by atoms with van der Waals surface area (Å²) in [5.41, 5.74) is 0. The third kappa shape index (κ3) is 25.8. The Labute approximate surface area is 180 Å². The number of hydrogen-bond donors (Lipinski definition) is 1. The number of quaternary nitrogens is 1. The van der Waals surface area contributed by atoms with Crippen LogP contribution in [0.15, 0.2) is 0 Å². The van der Waals surface area contributed by atoms with E-state index in [9.17, 15) is 4.79 Å². The molecule has 0 aliphatic heterocycles. The fourth-order valence-electron chi connectivity index (χ4n) is 1.64. The highest BCUT2D eigenvalue weighted by Gasteiger charge is 2.08. The molecule has 1 N–H and O–H groups in total. The van der Waals surface area contributed by atoms with Crippen LogP contribution in [0.3, 0.4) is 0 Å². The molecule has 0 saturated heterocycles. The zero-order chi connectivity index (χ0) is 19.5. The van der Waals surface area contributed by atoms with Crippen LogP contribution in [0, 0.1) is 0 Å². The Balaban J connectivity index is 0. The second-order valence-corrected chi connectivity index (χ2v) is 6.52. The fraction of sp³-hybridized carbons (Fsp3) is 0.941. The van der Waals surface area contributed by atoms with Gasteiger partial charge in [-0.25, -0.2) is 4.79 Å². The van der Waals surface area contributed by atoms with Crippen molar-refractivity contribution in [3.05, 3.63) is 0 Å². The molecule has 0 rings (SSSR count). The minimum Gasteiger partial charge on any atom is -1.00 e. The Bertz CT molecular complexity index is 331. The predicted octanol–water partition coefficient (Wildman–Crippen LogP) is -2.86. The lowest BCUT2D eigenvalue weighted by Crippen LogP contribution is -3.00. The molecule has 0 aromatic rings. The number of halogens is 1. The molecule has 27 heavy (non-hydrogen) atoms. The molecule has 10 heteroatoms. The van der Waals surface area contributed by atoms with Crippen LogP contribution < -0.4 is 29.3 Å². The van der Waals surface area contributed by atoms with E-state index in [1.54, 1.807) is 7.11 Å². The van der Waals surface area contributed by atoms with Gasteiger partial charge in [0.1, 0.15) is 6.61 Å². The molecule has 0 heterocycles. The number of nitrogens with one attached hydrogen (secondary N) is 1. The van der Waals surface area contributed by atoms with E-state index in [0.717, 1.165) is 11.0 Å². The van der Waals surface area contributed by atoms with E-state index in [2.05, 4.69) is 26.5 Å². The van der Waals surface area contributed by atoms with Crippen molar-refractivity contribution in [2.75, 3.05) is 107 Å². The van der Waals surface area contributed by atoms with Gasteiger partial charge in [-0.3, -0.25) is 0 Å². The van der Waals surface area contributed by atoms with Crippen LogP contribution in [0.2, 0.25) is 0 Å². The monoisotopic (exact) mass is 508 g/mol. The first-order valence-corrected chi connectivity index (χ1v) is 8.96. The van der Waals surface area contributed by atoms with Crippen LogP contribution in [0.4, 0.5) is 4.79 Å². The Hall–Kier alpha value is -0.240. The number of amides is 1. The molecule has 0 aliphatic rings. The first-order chi connectivity index (χ1) is 12.5. The lowest BCUT2D eigenvalue weighted by atomic mass is 10.5. The first-order valence-electron chi connectivity index (χ1n) is 8.96. The summed E-state index contributed by atoms with van der Waals surface area (Å²) in [5, 5.41) is 2.70. The molecule has 9 nitrogen and oxygen atoms in total. The molecular weight excluding hydrogens is 471 g/mol. The number of alkyl carbamates (subject to hydrolysis) is 1. The van der Waals surface area contributed by atoms with Crippen molar-refractivity contribution >= 4 is 6.09 Å². The first kappa shape index (κ1) is 29.0. The van der Waals surface area contributed by atoms with Crippen molar-refractivity contribution in [2.24, 2.45) is 0 Å². The number of nitrogens with zero attached hydrogens (tertiary/aromatic N) is 1. The summed E-state index contributed by atoms with van der Waals surface area (Å²) >= 11 is 0. The van der Waals surface area contributed by atoms with E-state index < -0.39 is 6.09 Å². The molecule has 0 atom stereocenters. The van der Waals surface area contributed by atoms with Crippen LogP contribution in [-0.2, 0) is 28.4 Å². The highest BCUT2D eigenvalue weighted by Crippen LogP contribution is 1.88. The fourth-order valence-corrected chi connectivity index (χ4v) is 1.64. The lowest BCUT2D eigenvalue weighted by Gasteiger charge is -2.23. The van der Waals surface area contributed by atoms with Gasteiger partial charge in [0.25, 0.3) is 0 Å². The van der Waals surface area contributed by atoms with Crippen LogP contribution in [0.5, 0.6) is 0 Å². The molecule has 1 amide bonds. The van der Waals surface area contributed by atoms with Gasteiger partial charge in [0, 0.05) is 7.11 Å². The highest BCUT2D eigenvalue weighted by molar-refractivity contribution is 5.66. The number of hydrogen-bond acceptors (Lipinski definition) is 7. The average molecular weight is 508 g/mol. The number of ether oxygens (including phenoxy) is 6. The number of methoxy groups -OCH3 is 1. The molecule has 0 aromatic carbocycles. The topological polar surface area (TPSA) is 84.5 Å². The van der Waals surface area contributed by atoms with E-state index in [-0.39, 0.29) is 30.6 Å². The van der Waals surface area contributed by atoms with Crippen LogP contribution >= 0.6 is 0 Å². The van der Waals surface area contributed by atoms with Crippen LogP contribution in [0.25, 0.3) is 0 Å². The SMILES string of the molecule is COCCOCCOCCOCCOCCOC(=O)NCC[N+](C)(C)C.[I-]. The van der Waals surface area contributed by atoms with Crippen molar-refractivity contribution in [1.29, 1.82) is 0 Å². The standard InChI is InChI=1S/C17H36N2O7.HI/c1-19(2,3)6-5-18-17(20)26-16-15-25-14-13-24-12-11-23-10-9-22-8-7-21-4;/h5-16H2,1-4H3;1H. The summed E-state index contributed by atoms with van der Waals surface area (Å²) in [6.45, 7) is 6.21. The minimum absolute atomic E-state index is 0. The maximum Gasteiger partial charge on any atom is 0.407 e. The van der Waals surface area contributed by atoms with E-state index in [0.29, 0.717) is 66.0 Å². The van der Waals surface area contributed by atoms with Gasteiger partial charge < -0.3 is 62.2 Å². The summed E-state index contributed by atoms with van der Waals surface area (Å²) in [4.78, 5) is 11.4. The largest absolute Gasteiger partial charge is 1.00 e. The van der Waals surface area contributed by atoms with Crippen molar-refractivity contribution in [1.82, 2.24) is 5.32 Å². The van der Waals surface area contributed by atoms with Crippen LogP contribution in [-0.4, -0.2) is 118 Å². The molecule has 0 saturated carbocycles. The van der Waals surface area contributed by atoms with Gasteiger partial charge in [-0.05, 0) is 0 Å². The van der Waals surface area contributed by atoms with Crippen molar-refractivity contribution in [2.45, 2.75) is 0 Å². The smallest absolute Gasteiger partial charge is 0.407 e. The highest BCUT2D eigenvalue weighted by atomic mass is 127. The molecule has 164 valence electrons. The lowest BCUT2D eigenvalue weighted by molar-refractivity contribution is -0.869. The second-order valence-electron chi connectivity index (χ2n) is 6.52. The maximum atomic E-state index is 11.4. The van der Waals surface area contributed by atoms with E-state index in [1.165, 1.54) is 0 Å². The maximum absolute atomic E-state index is 11.4. The average Bonchev–Trinajstić information content (AvgIpc) is 2.57. The zero-order valence-electron chi connectivity index (χ0n) is 17.2. The third-order valence-corrected chi connectivity index (χ3v) is 3.06. The van der Waals surface area contributed by atoms with E-state index in [4.69, 9.17) is 28.4 Å². The van der Waals surface area contributed by atoms with E-state index in [1.807, 2.05) is 0 Å². The Morgan fingerprint density at radius 1 is 0.741 bits per heavy atom. The quantitative estimate of drug-likeness (QED) is 0.121. The van der Waals surface area contributed by atoms with Crippen molar-refractivity contribution in [3.8, 4) is 0 Å². The number of likely N-dealkylation sites (N-methyl/N-ethyl adjacent to an activating group) is 1. The predicted molar refractivity (Wildman–Crippen MR) is 97.4 cm³/mol. The Morgan fingerprint density at radius 2 is 1.15 bits per heavy atom. The number of rotatable bonds is 18. The van der Waals surface area contributed by atoms with Crippen molar-refractivity contribution < 1.29 is 61.7 Å². The minimum atomic E-state index is -0.415. The van der Waals surface area contributed by atoms with Crippen LogP contribution in [0.1, 0.15) is 0 Å². The van der Waals surface area contributed by atoms with Gasteiger partial charge in [0.2, 0.25) is 0 Å². The van der Waals surface area contributed by atoms with Gasteiger partial charge >= 0.3 is 6.09 Å². The van der Waals surface area contributed by atoms with Gasteiger partial charge in [0.15, 0.2) is 0 Å². The normalized spacial score (nSPS) is 11.1. The number of carbonyl (C=O) groups is 1. The molecule has 0 bridgehead atoms. The zero-order valence-corrected chi connectivity index (χ0v) is 19.3. The molecule has 0 spiro atoms.